The Hall–Kier alpha value is -3.80. The van der Waals surface area contributed by atoms with E-state index in [4.69, 9.17) is 4.98 Å². The molecule has 1 fully saturated rings. The van der Waals surface area contributed by atoms with Gasteiger partial charge in [-0.15, -0.1) is 0 Å². The summed E-state index contributed by atoms with van der Waals surface area (Å²) in [4.78, 5) is 37.8. The van der Waals surface area contributed by atoms with Gasteiger partial charge in [0.15, 0.2) is 0 Å². The first-order valence-corrected chi connectivity index (χ1v) is 11.1. The van der Waals surface area contributed by atoms with Gasteiger partial charge in [0.1, 0.15) is 11.6 Å². The van der Waals surface area contributed by atoms with Crippen molar-refractivity contribution in [3.8, 4) is 22.5 Å². The number of rotatable bonds is 3. The molecule has 0 saturated heterocycles. The van der Waals surface area contributed by atoms with Crippen LogP contribution in [0.1, 0.15) is 42.9 Å². The van der Waals surface area contributed by atoms with Gasteiger partial charge in [-0.05, 0) is 41.2 Å². The number of fused-ring (bicyclic) bond motifs is 4. The standard InChI is InChI=1S/C26H22N4O2/c31-22-11-4-3-8-17(22)26(32)30-24-16-7-2-1-6-15(16)23-18(24)9-5-10-19(23)25-28-20-12-13-27-14-21(20)29-25/h1-2,5-7,9-10,12-14,17,24H,3-4,8,11H2,(H,28,29)(H,30,32). The third-order valence-electron chi connectivity index (χ3n) is 6.65. The fraction of sp³-hybridized carbons (Fsp3) is 0.231. The van der Waals surface area contributed by atoms with Crippen molar-refractivity contribution in [3.05, 3.63) is 72.1 Å². The summed E-state index contributed by atoms with van der Waals surface area (Å²) in [6, 6.07) is 15.8. The maximum absolute atomic E-state index is 13.1. The number of carbonyl (C=O) groups is 2. The van der Waals surface area contributed by atoms with Gasteiger partial charge in [0.05, 0.1) is 29.2 Å². The van der Waals surface area contributed by atoms with Gasteiger partial charge < -0.3 is 10.3 Å². The third-order valence-corrected chi connectivity index (χ3v) is 6.65. The van der Waals surface area contributed by atoms with Crippen LogP contribution < -0.4 is 5.32 Å². The molecule has 2 aromatic heterocycles. The van der Waals surface area contributed by atoms with E-state index in [0.717, 1.165) is 57.5 Å². The molecule has 6 heteroatoms. The molecule has 32 heavy (non-hydrogen) atoms. The molecule has 0 aliphatic heterocycles. The molecule has 158 valence electrons. The number of ketones is 1. The number of benzene rings is 2. The van der Waals surface area contributed by atoms with Gasteiger partial charge in [-0.2, -0.15) is 0 Å². The summed E-state index contributed by atoms with van der Waals surface area (Å²) in [5, 5.41) is 3.20. The highest BCUT2D eigenvalue weighted by atomic mass is 16.2. The Morgan fingerprint density at radius 3 is 2.72 bits per heavy atom. The number of carbonyl (C=O) groups excluding carboxylic acids is 2. The monoisotopic (exact) mass is 422 g/mol. The maximum atomic E-state index is 13.1. The van der Waals surface area contributed by atoms with Crippen molar-refractivity contribution in [2.75, 3.05) is 0 Å². The minimum Gasteiger partial charge on any atom is -0.345 e. The number of amides is 1. The number of Topliss-reactive ketones (excluding diaryl/α,β-unsaturated/α-hetero) is 1. The lowest BCUT2D eigenvalue weighted by atomic mass is 9.87. The Balaban J connectivity index is 1.45. The number of aromatic amines is 1. The van der Waals surface area contributed by atoms with E-state index in [1.807, 2.05) is 24.3 Å². The van der Waals surface area contributed by atoms with E-state index in [1.165, 1.54) is 0 Å². The van der Waals surface area contributed by atoms with Crippen LogP contribution in [0.2, 0.25) is 0 Å². The van der Waals surface area contributed by atoms with Gasteiger partial charge in [0, 0.05) is 18.2 Å². The zero-order valence-corrected chi connectivity index (χ0v) is 17.5. The summed E-state index contributed by atoms with van der Waals surface area (Å²) in [6.07, 6.45) is 6.45. The largest absolute Gasteiger partial charge is 0.345 e. The highest BCUT2D eigenvalue weighted by Crippen LogP contribution is 2.47. The van der Waals surface area contributed by atoms with Crippen molar-refractivity contribution >= 4 is 22.7 Å². The van der Waals surface area contributed by atoms with Gasteiger partial charge in [-0.25, -0.2) is 4.98 Å². The third kappa shape index (κ3) is 2.94. The predicted molar refractivity (Wildman–Crippen MR) is 122 cm³/mol. The Bertz CT molecular complexity index is 1340. The van der Waals surface area contributed by atoms with E-state index >= 15 is 0 Å². The van der Waals surface area contributed by atoms with Gasteiger partial charge >= 0.3 is 0 Å². The molecule has 6 nitrogen and oxygen atoms in total. The van der Waals surface area contributed by atoms with Crippen LogP contribution in [0.3, 0.4) is 0 Å². The molecule has 4 aromatic rings. The van der Waals surface area contributed by atoms with Crippen LogP contribution in [0.15, 0.2) is 60.9 Å². The average Bonchev–Trinajstić information content (AvgIpc) is 3.39. The molecule has 1 saturated carbocycles. The quantitative estimate of drug-likeness (QED) is 0.474. The Kier molecular flexibility index (Phi) is 4.38. The molecule has 2 heterocycles. The van der Waals surface area contributed by atoms with E-state index < -0.39 is 5.92 Å². The molecule has 2 aliphatic rings. The summed E-state index contributed by atoms with van der Waals surface area (Å²) in [7, 11) is 0. The van der Waals surface area contributed by atoms with Crippen LogP contribution in [0, 0.1) is 5.92 Å². The second-order valence-electron chi connectivity index (χ2n) is 8.54. The Morgan fingerprint density at radius 1 is 1.00 bits per heavy atom. The van der Waals surface area contributed by atoms with E-state index in [9.17, 15) is 9.59 Å². The molecule has 6 rings (SSSR count). The van der Waals surface area contributed by atoms with Crippen LogP contribution >= 0.6 is 0 Å². The first-order chi connectivity index (χ1) is 15.7. The smallest absolute Gasteiger partial charge is 0.231 e. The molecular weight excluding hydrogens is 400 g/mol. The summed E-state index contributed by atoms with van der Waals surface area (Å²) in [6.45, 7) is 0. The minimum absolute atomic E-state index is 0.0601. The van der Waals surface area contributed by atoms with E-state index in [1.54, 1.807) is 12.4 Å². The van der Waals surface area contributed by atoms with Crippen LogP contribution in [0.25, 0.3) is 33.5 Å². The van der Waals surface area contributed by atoms with Crippen LogP contribution in [-0.2, 0) is 9.59 Å². The van der Waals surface area contributed by atoms with E-state index in [-0.39, 0.29) is 17.7 Å². The lowest BCUT2D eigenvalue weighted by Crippen LogP contribution is -2.38. The normalized spacial score (nSPS) is 19.6. The molecule has 2 atom stereocenters. The second-order valence-corrected chi connectivity index (χ2v) is 8.54. The van der Waals surface area contributed by atoms with Crippen molar-refractivity contribution in [1.82, 2.24) is 20.3 Å². The van der Waals surface area contributed by atoms with Crippen LogP contribution in [-0.4, -0.2) is 26.6 Å². The first-order valence-electron chi connectivity index (χ1n) is 11.1. The van der Waals surface area contributed by atoms with Crippen molar-refractivity contribution in [2.45, 2.75) is 31.7 Å². The number of aromatic nitrogens is 3. The number of nitrogens with zero attached hydrogens (tertiary/aromatic N) is 2. The summed E-state index contributed by atoms with van der Waals surface area (Å²) in [5.41, 5.74) is 6.94. The number of hydrogen-bond donors (Lipinski definition) is 2. The topological polar surface area (TPSA) is 87.7 Å². The fourth-order valence-corrected chi connectivity index (χ4v) is 5.10. The van der Waals surface area contributed by atoms with Gasteiger partial charge in [0.2, 0.25) is 5.91 Å². The second kappa shape index (κ2) is 7.41. The molecule has 2 N–H and O–H groups in total. The Labute approximate surface area is 185 Å². The zero-order valence-electron chi connectivity index (χ0n) is 17.5. The highest BCUT2D eigenvalue weighted by Gasteiger charge is 2.35. The number of nitrogens with one attached hydrogen (secondary N) is 2. The summed E-state index contributed by atoms with van der Waals surface area (Å²) < 4.78 is 0. The van der Waals surface area contributed by atoms with E-state index in [0.29, 0.717) is 12.8 Å². The van der Waals surface area contributed by atoms with Crippen molar-refractivity contribution < 1.29 is 9.59 Å². The molecule has 0 radical (unpaired) electrons. The van der Waals surface area contributed by atoms with Crippen LogP contribution in [0.4, 0.5) is 0 Å². The van der Waals surface area contributed by atoms with Crippen molar-refractivity contribution in [3.63, 3.8) is 0 Å². The zero-order chi connectivity index (χ0) is 21.7. The summed E-state index contributed by atoms with van der Waals surface area (Å²) in [5.74, 6) is 0.132. The molecule has 2 unspecified atom stereocenters. The number of imidazole rings is 1. The van der Waals surface area contributed by atoms with Gasteiger partial charge in [-0.3, -0.25) is 14.6 Å². The predicted octanol–water partition coefficient (Wildman–Crippen LogP) is 4.57. The molecule has 0 bridgehead atoms. The number of hydrogen-bond acceptors (Lipinski definition) is 4. The van der Waals surface area contributed by atoms with Crippen molar-refractivity contribution in [2.24, 2.45) is 5.92 Å². The average molecular weight is 422 g/mol. The van der Waals surface area contributed by atoms with Crippen molar-refractivity contribution in [1.29, 1.82) is 0 Å². The lowest BCUT2D eigenvalue weighted by Gasteiger charge is -2.23. The molecular formula is C26H22N4O2. The number of H-pyrrole nitrogens is 1. The highest BCUT2D eigenvalue weighted by molar-refractivity contribution is 6.02. The summed E-state index contributed by atoms with van der Waals surface area (Å²) >= 11 is 0. The molecule has 2 aromatic carbocycles. The minimum atomic E-state index is -0.536. The van der Waals surface area contributed by atoms with Gasteiger partial charge in [0.25, 0.3) is 0 Å². The molecule has 0 spiro atoms. The fourth-order valence-electron chi connectivity index (χ4n) is 5.10. The first kappa shape index (κ1) is 18.9. The molecule has 1 amide bonds. The van der Waals surface area contributed by atoms with E-state index in [2.05, 4.69) is 39.6 Å². The molecule has 2 aliphatic carbocycles. The Morgan fingerprint density at radius 2 is 1.84 bits per heavy atom. The maximum Gasteiger partial charge on any atom is 0.231 e. The number of pyridine rings is 1. The SMILES string of the molecule is O=C1CCCCC1C(=O)NC1c2ccccc2-c2c(-c3nc4ccncc4[nH]3)cccc21. The lowest BCUT2D eigenvalue weighted by molar-refractivity contribution is -0.135. The van der Waals surface area contributed by atoms with Crippen LogP contribution in [0.5, 0.6) is 0 Å². The van der Waals surface area contributed by atoms with Gasteiger partial charge in [-0.1, -0.05) is 48.9 Å².